The molecule has 0 atom stereocenters. The van der Waals surface area contributed by atoms with Gasteiger partial charge in [-0.15, -0.1) is 0 Å². The number of nitrogens with one attached hydrogen (secondary N) is 2. The van der Waals surface area contributed by atoms with E-state index in [0.717, 1.165) is 11.3 Å². The number of amides is 1. The van der Waals surface area contributed by atoms with E-state index in [1.807, 2.05) is 13.0 Å². The van der Waals surface area contributed by atoms with E-state index in [4.69, 9.17) is 11.6 Å². The van der Waals surface area contributed by atoms with Crippen LogP contribution in [0.5, 0.6) is 0 Å². The molecule has 2 N–H and O–H groups in total. The van der Waals surface area contributed by atoms with E-state index in [9.17, 15) is 4.79 Å². The largest absolute Gasteiger partial charge is 0.367 e. The summed E-state index contributed by atoms with van der Waals surface area (Å²) in [5.74, 6) is -0.133. The van der Waals surface area contributed by atoms with E-state index in [1.54, 1.807) is 30.6 Å². The molecular weight excluding hydrogens is 224 g/mol. The maximum atomic E-state index is 11.7. The van der Waals surface area contributed by atoms with Gasteiger partial charge in [0.2, 0.25) is 0 Å². The lowest BCUT2D eigenvalue weighted by atomic mass is 10.2. The molecule has 0 saturated heterocycles. The number of aromatic nitrogens is 1. The molecule has 0 bridgehead atoms. The van der Waals surface area contributed by atoms with Gasteiger partial charge in [0.1, 0.15) is 0 Å². The van der Waals surface area contributed by atoms with Crippen LogP contribution in [0.1, 0.15) is 15.9 Å². The lowest BCUT2D eigenvalue weighted by Crippen LogP contribution is -2.11. The number of hydrogen-bond acceptors (Lipinski definition) is 1. The summed E-state index contributed by atoms with van der Waals surface area (Å²) < 4.78 is 0. The molecule has 3 nitrogen and oxygen atoms in total. The van der Waals surface area contributed by atoms with Crippen LogP contribution in [0.3, 0.4) is 0 Å². The highest BCUT2D eigenvalue weighted by molar-refractivity contribution is 6.30. The van der Waals surface area contributed by atoms with Gasteiger partial charge in [-0.05, 0) is 36.8 Å². The van der Waals surface area contributed by atoms with Gasteiger partial charge in [0.05, 0.1) is 5.56 Å². The van der Waals surface area contributed by atoms with Gasteiger partial charge in [0.15, 0.2) is 0 Å². The van der Waals surface area contributed by atoms with E-state index >= 15 is 0 Å². The van der Waals surface area contributed by atoms with Gasteiger partial charge in [0.25, 0.3) is 5.91 Å². The minimum atomic E-state index is -0.133. The van der Waals surface area contributed by atoms with Gasteiger partial charge in [-0.2, -0.15) is 0 Å². The van der Waals surface area contributed by atoms with Crippen molar-refractivity contribution >= 4 is 23.2 Å². The Morgan fingerprint density at radius 2 is 2.19 bits per heavy atom. The highest BCUT2D eigenvalue weighted by Gasteiger charge is 2.07. The van der Waals surface area contributed by atoms with Crippen LogP contribution in [0.4, 0.5) is 5.69 Å². The SMILES string of the molecule is Cc1cc(Cl)ccc1NC(=O)c1cc[nH]c1. The van der Waals surface area contributed by atoms with E-state index in [-0.39, 0.29) is 5.91 Å². The zero-order chi connectivity index (χ0) is 11.5. The lowest BCUT2D eigenvalue weighted by molar-refractivity contribution is 0.102. The predicted molar refractivity (Wildman–Crippen MR) is 64.9 cm³/mol. The normalized spacial score (nSPS) is 10.1. The van der Waals surface area contributed by atoms with Gasteiger partial charge in [-0.1, -0.05) is 11.6 Å². The van der Waals surface area contributed by atoms with Crippen LogP contribution in [0.25, 0.3) is 0 Å². The van der Waals surface area contributed by atoms with Gasteiger partial charge in [0, 0.05) is 23.1 Å². The first kappa shape index (κ1) is 10.8. The fraction of sp³-hybridized carbons (Fsp3) is 0.0833. The first-order valence-electron chi connectivity index (χ1n) is 4.87. The van der Waals surface area contributed by atoms with Gasteiger partial charge >= 0.3 is 0 Å². The Kier molecular flexibility index (Phi) is 2.97. The second kappa shape index (κ2) is 4.41. The number of halogens is 1. The number of aryl methyl sites for hydroxylation is 1. The molecule has 0 saturated carbocycles. The molecule has 2 aromatic rings. The first-order chi connectivity index (χ1) is 7.66. The van der Waals surface area contributed by atoms with Crippen LogP contribution < -0.4 is 5.32 Å². The van der Waals surface area contributed by atoms with E-state index in [2.05, 4.69) is 10.3 Å². The molecule has 2 rings (SSSR count). The van der Waals surface area contributed by atoms with Crippen LogP contribution >= 0.6 is 11.6 Å². The van der Waals surface area contributed by atoms with Crippen molar-refractivity contribution in [3.05, 3.63) is 52.8 Å². The number of hydrogen-bond donors (Lipinski definition) is 2. The van der Waals surface area contributed by atoms with Crippen LogP contribution in [-0.4, -0.2) is 10.9 Å². The Bertz CT molecular complexity index is 506. The third kappa shape index (κ3) is 2.25. The summed E-state index contributed by atoms with van der Waals surface area (Å²) in [5, 5.41) is 3.49. The van der Waals surface area contributed by atoms with Crippen molar-refractivity contribution in [3.8, 4) is 0 Å². The Balaban J connectivity index is 2.18. The predicted octanol–water partition coefficient (Wildman–Crippen LogP) is 3.23. The molecule has 0 aliphatic rings. The summed E-state index contributed by atoms with van der Waals surface area (Å²) in [4.78, 5) is 14.6. The molecule has 1 aromatic heterocycles. The smallest absolute Gasteiger partial charge is 0.257 e. The maximum Gasteiger partial charge on any atom is 0.257 e. The summed E-state index contributed by atoms with van der Waals surface area (Å²) in [7, 11) is 0. The molecule has 1 aromatic carbocycles. The summed E-state index contributed by atoms with van der Waals surface area (Å²) in [6.45, 7) is 1.90. The van der Waals surface area contributed by atoms with Gasteiger partial charge < -0.3 is 10.3 Å². The van der Waals surface area contributed by atoms with Crippen molar-refractivity contribution in [2.24, 2.45) is 0 Å². The zero-order valence-corrected chi connectivity index (χ0v) is 9.51. The molecule has 1 heterocycles. The molecule has 0 radical (unpaired) electrons. The summed E-state index contributed by atoms with van der Waals surface area (Å²) in [5.41, 5.74) is 2.32. The zero-order valence-electron chi connectivity index (χ0n) is 8.75. The molecule has 0 aliphatic heterocycles. The number of carbonyl (C=O) groups is 1. The molecule has 0 fully saturated rings. The molecular formula is C12H11ClN2O. The molecule has 0 spiro atoms. The Hall–Kier alpha value is -1.74. The quantitative estimate of drug-likeness (QED) is 0.823. The van der Waals surface area contributed by atoms with E-state index in [1.165, 1.54) is 0 Å². The standard InChI is InChI=1S/C12H11ClN2O/c1-8-6-10(13)2-3-11(8)15-12(16)9-4-5-14-7-9/h2-7,14H,1H3,(H,15,16). The minimum Gasteiger partial charge on any atom is -0.367 e. The van der Waals surface area contributed by atoms with E-state index < -0.39 is 0 Å². The highest BCUT2D eigenvalue weighted by atomic mass is 35.5. The monoisotopic (exact) mass is 234 g/mol. The van der Waals surface area contributed by atoms with Crippen molar-refractivity contribution in [3.63, 3.8) is 0 Å². The average molecular weight is 235 g/mol. The second-order valence-electron chi connectivity index (χ2n) is 3.51. The van der Waals surface area contributed by atoms with Gasteiger partial charge in [-0.3, -0.25) is 4.79 Å². The number of anilines is 1. The van der Waals surface area contributed by atoms with Crippen LogP contribution in [0.15, 0.2) is 36.7 Å². The van der Waals surface area contributed by atoms with Crippen LogP contribution in [0.2, 0.25) is 5.02 Å². The third-order valence-electron chi connectivity index (χ3n) is 2.30. The second-order valence-corrected chi connectivity index (χ2v) is 3.95. The van der Waals surface area contributed by atoms with Crippen molar-refractivity contribution in [1.82, 2.24) is 4.98 Å². The molecule has 1 amide bonds. The maximum absolute atomic E-state index is 11.7. The topological polar surface area (TPSA) is 44.9 Å². The van der Waals surface area contributed by atoms with Crippen molar-refractivity contribution in [2.45, 2.75) is 6.92 Å². The number of carbonyl (C=O) groups excluding carboxylic acids is 1. The van der Waals surface area contributed by atoms with Crippen molar-refractivity contribution in [2.75, 3.05) is 5.32 Å². The first-order valence-corrected chi connectivity index (χ1v) is 5.25. The Morgan fingerprint density at radius 3 is 2.81 bits per heavy atom. The number of benzene rings is 1. The summed E-state index contributed by atoms with van der Waals surface area (Å²) >= 11 is 5.84. The third-order valence-corrected chi connectivity index (χ3v) is 2.53. The summed E-state index contributed by atoms with van der Waals surface area (Å²) in [6.07, 6.45) is 3.37. The molecule has 0 aliphatic carbocycles. The van der Waals surface area contributed by atoms with Gasteiger partial charge in [-0.25, -0.2) is 0 Å². The van der Waals surface area contributed by atoms with Crippen LogP contribution in [-0.2, 0) is 0 Å². The highest BCUT2D eigenvalue weighted by Crippen LogP contribution is 2.20. The fourth-order valence-corrected chi connectivity index (χ4v) is 1.65. The number of aromatic amines is 1. The van der Waals surface area contributed by atoms with Crippen LogP contribution in [0, 0.1) is 6.92 Å². The molecule has 0 unspecified atom stereocenters. The van der Waals surface area contributed by atoms with Crippen molar-refractivity contribution in [1.29, 1.82) is 0 Å². The molecule has 4 heteroatoms. The summed E-state index contributed by atoms with van der Waals surface area (Å²) in [6, 6.07) is 7.08. The van der Waals surface area contributed by atoms with E-state index in [0.29, 0.717) is 10.6 Å². The minimum absolute atomic E-state index is 0.133. The van der Waals surface area contributed by atoms with Crippen molar-refractivity contribution < 1.29 is 4.79 Å². The molecule has 16 heavy (non-hydrogen) atoms. The fourth-order valence-electron chi connectivity index (χ4n) is 1.43. The number of rotatable bonds is 2. The number of H-pyrrole nitrogens is 1. The Labute approximate surface area is 98.4 Å². The average Bonchev–Trinajstić information content (AvgIpc) is 2.75. The molecule has 82 valence electrons. The Morgan fingerprint density at radius 1 is 1.38 bits per heavy atom. The lowest BCUT2D eigenvalue weighted by Gasteiger charge is -2.07.